The van der Waals surface area contributed by atoms with E-state index in [1.54, 1.807) is 18.6 Å². The molecule has 0 aliphatic heterocycles. The maximum atomic E-state index is 10.7. The van der Waals surface area contributed by atoms with E-state index < -0.39 is 0 Å². The second-order valence-electron chi connectivity index (χ2n) is 13.3. The molecule has 0 bridgehead atoms. The molecule has 0 saturated carbocycles. The zero-order valence-electron chi connectivity index (χ0n) is 32.7. The van der Waals surface area contributed by atoms with Gasteiger partial charge in [-0.05, 0) is 52.0 Å². The van der Waals surface area contributed by atoms with Crippen molar-refractivity contribution in [2.75, 3.05) is 0 Å². The van der Waals surface area contributed by atoms with E-state index in [2.05, 4.69) is 51.4 Å². The number of benzene rings is 6. The van der Waals surface area contributed by atoms with Gasteiger partial charge in [-0.25, -0.2) is 0 Å². The Hall–Kier alpha value is -7.57. The molecule has 0 atom stereocenters. The van der Waals surface area contributed by atoms with Gasteiger partial charge < -0.3 is 15.0 Å². The van der Waals surface area contributed by atoms with Crippen LogP contribution in [0.1, 0.15) is 31.1 Å². The zero-order valence-corrected chi connectivity index (χ0v) is 35.1. The Morgan fingerprint density at radius 2 is 0.607 bits per heavy atom. The van der Waals surface area contributed by atoms with Crippen LogP contribution in [0.2, 0.25) is 0 Å². The molecule has 6 nitrogen and oxygen atoms in total. The Bertz CT molecular complexity index is 2470. The summed E-state index contributed by atoms with van der Waals surface area (Å²) in [5.74, 6) is 0. The number of hydrogen-bond donors (Lipinski definition) is 0. The van der Waals surface area contributed by atoms with Crippen LogP contribution in [0.4, 0.5) is 0 Å². The molecule has 0 spiro atoms. The van der Waals surface area contributed by atoms with Crippen molar-refractivity contribution in [1.82, 2.24) is 15.0 Å². The third-order valence-electron chi connectivity index (χ3n) is 9.37. The Morgan fingerprint density at radius 3 is 0.836 bits per heavy atom. The van der Waals surface area contributed by atoms with Gasteiger partial charge in [0.2, 0.25) is 0 Å². The van der Waals surface area contributed by atoms with Crippen LogP contribution in [0.3, 0.4) is 0 Å². The first-order chi connectivity index (χ1) is 29.6. The van der Waals surface area contributed by atoms with Gasteiger partial charge in [-0.2, -0.15) is 0 Å². The van der Waals surface area contributed by atoms with Gasteiger partial charge in [0.05, 0.1) is 0 Å². The van der Waals surface area contributed by atoms with Crippen LogP contribution in [-0.2, 0) is 20.1 Å². The Balaban J connectivity index is 0.000000152. The molecule has 9 rings (SSSR count). The average Bonchev–Trinajstić information content (AvgIpc) is 3.35. The largest absolute Gasteiger partial charge is 3.00 e. The van der Waals surface area contributed by atoms with E-state index in [0.717, 1.165) is 86.0 Å². The minimum Gasteiger partial charge on any atom is -0.305 e. The second kappa shape index (κ2) is 22.0. The van der Waals surface area contributed by atoms with Crippen LogP contribution in [-0.4, -0.2) is 33.8 Å². The van der Waals surface area contributed by atoms with Crippen molar-refractivity contribution in [3.05, 3.63) is 235 Å². The maximum Gasteiger partial charge on any atom is 3.00 e. The molecule has 0 aliphatic rings. The van der Waals surface area contributed by atoms with Crippen molar-refractivity contribution < 1.29 is 34.5 Å². The minimum absolute atomic E-state index is 0. The smallest absolute Gasteiger partial charge is 0.305 e. The second-order valence-corrected chi connectivity index (χ2v) is 13.3. The van der Waals surface area contributed by atoms with E-state index in [9.17, 15) is 14.4 Å². The van der Waals surface area contributed by atoms with E-state index in [4.69, 9.17) is 0 Å². The number of nitrogens with zero attached hydrogens (tertiary/aromatic N) is 3. The quantitative estimate of drug-likeness (QED) is 0.106. The van der Waals surface area contributed by atoms with Crippen molar-refractivity contribution in [2.24, 2.45) is 0 Å². The fraction of sp³-hybridized carbons (Fsp3) is 0. The van der Waals surface area contributed by atoms with E-state index in [1.807, 2.05) is 164 Å². The Kier molecular flexibility index (Phi) is 15.5. The van der Waals surface area contributed by atoms with Crippen LogP contribution in [0.5, 0.6) is 0 Å². The molecule has 9 aromatic rings. The normalized spacial score (nSPS) is 10.0. The summed E-state index contributed by atoms with van der Waals surface area (Å²) >= 11 is 0. The molecule has 7 heteroatoms. The summed E-state index contributed by atoms with van der Waals surface area (Å²) in [6.45, 7) is 0. The molecule has 0 unspecified atom stereocenters. The zero-order chi connectivity index (χ0) is 41.4. The molecule has 61 heavy (non-hydrogen) atoms. The molecule has 0 fully saturated rings. The SMILES string of the molecule is O=Cc1ccc(-c2cc[c-]c(-c3ccccn3)c2)cc1.O=Cc1ccc(-c2cc[c-]c(-c3ccccn3)c2)cc1.O=Cc1ccc(-c2cc[c-]c(-c3ccccn3)c2)cc1.[Ir+3]. The van der Waals surface area contributed by atoms with E-state index in [1.165, 1.54) is 0 Å². The number of hydrogen-bond acceptors (Lipinski definition) is 6. The third kappa shape index (κ3) is 11.8. The monoisotopic (exact) mass is 967 g/mol. The first-order valence-corrected chi connectivity index (χ1v) is 19.1. The van der Waals surface area contributed by atoms with Crippen LogP contribution in [0, 0.1) is 18.2 Å². The number of rotatable bonds is 9. The fourth-order valence-electron chi connectivity index (χ4n) is 6.21. The Labute approximate surface area is 369 Å². The van der Waals surface area contributed by atoms with Crippen molar-refractivity contribution in [2.45, 2.75) is 0 Å². The maximum absolute atomic E-state index is 10.7. The Morgan fingerprint density at radius 1 is 0.328 bits per heavy atom. The van der Waals surface area contributed by atoms with Crippen LogP contribution in [0.25, 0.3) is 67.2 Å². The van der Waals surface area contributed by atoms with Gasteiger partial charge in [-0.1, -0.05) is 109 Å². The molecule has 0 radical (unpaired) electrons. The van der Waals surface area contributed by atoms with Crippen molar-refractivity contribution in [3.63, 3.8) is 0 Å². The third-order valence-corrected chi connectivity index (χ3v) is 9.37. The van der Waals surface area contributed by atoms with Gasteiger partial charge in [-0.3, -0.25) is 14.4 Å². The summed E-state index contributed by atoms with van der Waals surface area (Å²) in [7, 11) is 0. The van der Waals surface area contributed by atoms with Crippen LogP contribution < -0.4 is 0 Å². The predicted molar refractivity (Wildman–Crippen MR) is 238 cm³/mol. The van der Waals surface area contributed by atoms with Crippen molar-refractivity contribution in [1.29, 1.82) is 0 Å². The number of pyridine rings is 3. The predicted octanol–water partition coefficient (Wildman–Crippen LogP) is 12.1. The van der Waals surface area contributed by atoms with Gasteiger partial charge >= 0.3 is 20.1 Å². The van der Waals surface area contributed by atoms with Crippen LogP contribution in [0.15, 0.2) is 201 Å². The summed E-state index contributed by atoms with van der Waals surface area (Å²) in [5.41, 5.74) is 14.1. The van der Waals surface area contributed by atoms with Crippen molar-refractivity contribution in [3.8, 4) is 67.2 Å². The standard InChI is InChI=1S/3C18H12NO.Ir/c3*20-13-14-7-9-15(10-8-14)16-4-3-5-17(12-16)18-6-1-2-11-19-18;/h3*1-4,6-13H;/q3*-1;+3. The van der Waals surface area contributed by atoms with Gasteiger partial charge in [0.15, 0.2) is 0 Å². The molecule has 0 aliphatic carbocycles. The van der Waals surface area contributed by atoms with Gasteiger partial charge in [-0.15, -0.1) is 106 Å². The van der Waals surface area contributed by atoms with E-state index in [-0.39, 0.29) is 20.1 Å². The molecule has 0 N–H and O–H groups in total. The number of aromatic nitrogens is 3. The molecule has 3 aromatic heterocycles. The summed E-state index contributed by atoms with van der Waals surface area (Å²) in [6, 6.07) is 67.5. The molecule has 3 heterocycles. The first-order valence-electron chi connectivity index (χ1n) is 19.1. The molecular weight excluding hydrogens is 931 g/mol. The topological polar surface area (TPSA) is 89.9 Å². The summed E-state index contributed by atoms with van der Waals surface area (Å²) in [4.78, 5) is 45.0. The minimum atomic E-state index is 0. The summed E-state index contributed by atoms with van der Waals surface area (Å²) in [5, 5.41) is 0. The van der Waals surface area contributed by atoms with Gasteiger partial charge in [0, 0.05) is 35.3 Å². The van der Waals surface area contributed by atoms with Crippen LogP contribution >= 0.6 is 0 Å². The van der Waals surface area contributed by atoms with E-state index in [0.29, 0.717) is 16.7 Å². The van der Waals surface area contributed by atoms with E-state index >= 15 is 0 Å². The van der Waals surface area contributed by atoms with Gasteiger partial charge in [0.25, 0.3) is 0 Å². The number of aldehydes is 3. The molecule has 294 valence electrons. The average molecular weight is 967 g/mol. The first kappa shape index (κ1) is 43.0. The van der Waals surface area contributed by atoms with Crippen molar-refractivity contribution >= 4 is 18.9 Å². The molecule has 0 amide bonds. The number of carbonyl (C=O) groups excluding carboxylic acids is 3. The molecule has 6 aromatic carbocycles. The number of carbonyl (C=O) groups is 3. The summed E-state index contributed by atoms with van der Waals surface area (Å²) < 4.78 is 0. The fourth-order valence-corrected chi connectivity index (χ4v) is 6.21. The van der Waals surface area contributed by atoms with Gasteiger partial charge in [0.1, 0.15) is 18.9 Å². The summed E-state index contributed by atoms with van der Waals surface area (Å²) in [6.07, 6.45) is 7.86. The molecular formula is C54H36IrN3O3. The molecule has 0 saturated heterocycles.